The fourth-order valence-corrected chi connectivity index (χ4v) is 2.60. The van der Waals surface area contributed by atoms with Crippen LogP contribution in [-0.4, -0.2) is 14.7 Å². The zero-order valence-corrected chi connectivity index (χ0v) is 13.0. The van der Waals surface area contributed by atoms with Crippen LogP contribution >= 0.6 is 11.6 Å². The normalized spacial score (nSPS) is 10.7. The van der Waals surface area contributed by atoms with Gasteiger partial charge in [-0.3, -0.25) is 0 Å². The molecule has 116 valence electrons. The number of imidazole rings is 1. The van der Waals surface area contributed by atoms with Gasteiger partial charge in [-0.1, -0.05) is 41.9 Å². The Bertz CT molecular complexity index is 869. The number of hydrogen-bond acceptors (Lipinski definition) is 4. The third-order valence-electron chi connectivity index (χ3n) is 3.49. The average molecular weight is 328 g/mol. The van der Waals surface area contributed by atoms with Gasteiger partial charge in [-0.05, 0) is 11.6 Å². The summed E-state index contributed by atoms with van der Waals surface area (Å²) in [5, 5.41) is 18.7. The van der Waals surface area contributed by atoms with Crippen molar-refractivity contribution in [2.75, 3.05) is 0 Å². The molecule has 23 heavy (non-hydrogen) atoms. The van der Waals surface area contributed by atoms with E-state index < -0.39 is 0 Å². The smallest absolute Gasteiger partial charge is 0.140 e. The first kappa shape index (κ1) is 15.3. The molecular weight excluding hydrogens is 314 g/mol. The third kappa shape index (κ3) is 3.14. The number of nitrogens with zero attached hydrogens (tertiary/aromatic N) is 3. The maximum absolute atomic E-state index is 9.38. The van der Waals surface area contributed by atoms with Crippen molar-refractivity contribution in [2.24, 2.45) is 0 Å². The Kier molecular flexibility index (Phi) is 4.47. The summed E-state index contributed by atoms with van der Waals surface area (Å²) in [5.41, 5.74) is 2.37. The molecule has 0 spiro atoms. The van der Waals surface area contributed by atoms with Crippen molar-refractivity contribution in [1.29, 1.82) is 5.26 Å². The van der Waals surface area contributed by atoms with Gasteiger partial charge in [-0.25, -0.2) is 4.98 Å². The Morgan fingerprint density at radius 3 is 2.74 bits per heavy atom. The minimum Gasteiger partial charge on any atom is -0.487 e. The van der Waals surface area contributed by atoms with E-state index in [1.54, 1.807) is 16.7 Å². The van der Waals surface area contributed by atoms with Crippen molar-refractivity contribution in [3.05, 3.63) is 58.9 Å². The number of benzene rings is 2. The van der Waals surface area contributed by atoms with Gasteiger partial charge in [-0.15, -0.1) is 0 Å². The van der Waals surface area contributed by atoms with Gasteiger partial charge in [0.1, 0.15) is 31.3 Å². The van der Waals surface area contributed by atoms with Crippen molar-refractivity contribution >= 4 is 22.6 Å². The molecule has 0 bridgehead atoms. The van der Waals surface area contributed by atoms with Crippen LogP contribution in [0.2, 0.25) is 5.02 Å². The zero-order chi connectivity index (χ0) is 16.2. The van der Waals surface area contributed by atoms with Crippen LogP contribution in [0.1, 0.15) is 11.4 Å². The van der Waals surface area contributed by atoms with E-state index >= 15 is 0 Å². The summed E-state index contributed by atoms with van der Waals surface area (Å²) in [6.45, 7) is 0.263. The molecule has 0 aliphatic heterocycles. The summed E-state index contributed by atoms with van der Waals surface area (Å²) in [5.74, 6) is 0.951. The lowest BCUT2D eigenvalue weighted by Gasteiger charge is -2.09. The summed E-state index contributed by atoms with van der Waals surface area (Å²) in [6.07, 6.45) is 0. The molecule has 1 N–H and O–H groups in total. The van der Waals surface area contributed by atoms with E-state index in [0.717, 1.165) is 5.56 Å². The molecule has 0 aliphatic rings. The van der Waals surface area contributed by atoms with Gasteiger partial charge < -0.3 is 14.4 Å². The summed E-state index contributed by atoms with van der Waals surface area (Å²) in [7, 11) is 0. The molecule has 3 aromatic rings. The van der Waals surface area contributed by atoms with Gasteiger partial charge in [0.25, 0.3) is 0 Å². The van der Waals surface area contributed by atoms with Crippen LogP contribution in [0.5, 0.6) is 5.75 Å². The van der Waals surface area contributed by atoms with E-state index in [4.69, 9.17) is 21.6 Å². The van der Waals surface area contributed by atoms with Crippen molar-refractivity contribution in [1.82, 2.24) is 9.55 Å². The number of halogens is 1. The maximum atomic E-state index is 9.38. The molecule has 5 nitrogen and oxygen atoms in total. The molecule has 0 radical (unpaired) electrons. The third-order valence-corrected chi connectivity index (χ3v) is 3.78. The number of hydrogen-bond donors (Lipinski definition) is 1. The Morgan fingerprint density at radius 2 is 2.04 bits per heavy atom. The molecule has 1 heterocycles. The number of rotatable bonds is 5. The molecular formula is C17H14ClN3O2. The summed E-state index contributed by atoms with van der Waals surface area (Å²) in [4.78, 5) is 4.33. The number of aromatic nitrogens is 2. The Labute approximate surface area is 138 Å². The predicted octanol–water partition coefficient (Wildman–Crippen LogP) is 3.28. The number of nitriles is 1. The van der Waals surface area contributed by atoms with Gasteiger partial charge in [0.05, 0.1) is 22.1 Å². The molecule has 2 aromatic carbocycles. The standard InChI is InChI=1S/C17H14ClN3O2/c18-13-8-15-14(20-17(10-22)21(15)7-6-19)9-16(13)23-11-12-4-2-1-3-5-12/h1-5,8-9,22H,7,10-11H2. The second-order valence-electron chi connectivity index (χ2n) is 4.98. The average Bonchev–Trinajstić information content (AvgIpc) is 2.91. The fraction of sp³-hybridized carbons (Fsp3) is 0.176. The largest absolute Gasteiger partial charge is 0.487 e. The first-order chi connectivity index (χ1) is 11.2. The highest BCUT2D eigenvalue weighted by Crippen LogP contribution is 2.31. The van der Waals surface area contributed by atoms with Crippen molar-refractivity contribution in [2.45, 2.75) is 19.8 Å². The lowest BCUT2D eigenvalue weighted by atomic mass is 10.2. The highest BCUT2D eigenvalue weighted by atomic mass is 35.5. The predicted molar refractivity (Wildman–Crippen MR) is 87.1 cm³/mol. The van der Waals surface area contributed by atoms with E-state index in [0.29, 0.717) is 34.2 Å². The van der Waals surface area contributed by atoms with Crippen LogP contribution in [0, 0.1) is 11.3 Å². The van der Waals surface area contributed by atoms with E-state index in [-0.39, 0.29) is 13.2 Å². The first-order valence-electron chi connectivity index (χ1n) is 7.06. The van der Waals surface area contributed by atoms with Crippen LogP contribution in [0.4, 0.5) is 0 Å². The van der Waals surface area contributed by atoms with E-state index in [9.17, 15) is 5.11 Å². The van der Waals surface area contributed by atoms with E-state index in [2.05, 4.69) is 11.1 Å². The van der Waals surface area contributed by atoms with Crippen LogP contribution in [0.25, 0.3) is 11.0 Å². The number of aliphatic hydroxyl groups excluding tert-OH is 1. The van der Waals surface area contributed by atoms with Crippen molar-refractivity contribution in [3.8, 4) is 11.8 Å². The zero-order valence-electron chi connectivity index (χ0n) is 12.2. The Hall–Kier alpha value is -2.55. The molecule has 0 fully saturated rings. The van der Waals surface area contributed by atoms with Crippen LogP contribution in [0.3, 0.4) is 0 Å². The van der Waals surface area contributed by atoms with Gasteiger partial charge in [0, 0.05) is 6.07 Å². The van der Waals surface area contributed by atoms with Crippen LogP contribution in [-0.2, 0) is 19.8 Å². The molecule has 0 unspecified atom stereocenters. The SMILES string of the molecule is N#CCn1c(CO)nc2cc(OCc3ccccc3)c(Cl)cc21. The highest BCUT2D eigenvalue weighted by molar-refractivity contribution is 6.32. The molecule has 1 aromatic heterocycles. The molecule has 0 aliphatic carbocycles. The summed E-state index contributed by atoms with van der Waals surface area (Å²) in [6, 6.07) is 15.3. The highest BCUT2D eigenvalue weighted by Gasteiger charge is 2.13. The van der Waals surface area contributed by atoms with E-state index in [1.165, 1.54) is 0 Å². The van der Waals surface area contributed by atoms with Gasteiger partial charge in [0.15, 0.2) is 0 Å². The van der Waals surface area contributed by atoms with Crippen molar-refractivity contribution in [3.63, 3.8) is 0 Å². The lowest BCUT2D eigenvalue weighted by Crippen LogP contribution is -2.02. The van der Waals surface area contributed by atoms with E-state index in [1.807, 2.05) is 30.3 Å². The van der Waals surface area contributed by atoms with Gasteiger partial charge in [-0.2, -0.15) is 5.26 Å². The molecule has 6 heteroatoms. The molecule has 3 rings (SSSR count). The number of ether oxygens (including phenoxy) is 1. The second-order valence-corrected chi connectivity index (χ2v) is 5.38. The minimum atomic E-state index is -0.242. The molecule has 0 saturated heterocycles. The minimum absolute atomic E-state index is 0.104. The number of fused-ring (bicyclic) bond motifs is 1. The van der Waals surface area contributed by atoms with Crippen molar-refractivity contribution < 1.29 is 9.84 Å². The quantitative estimate of drug-likeness (QED) is 0.780. The Morgan fingerprint density at radius 1 is 1.26 bits per heavy atom. The lowest BCUT2D eigenvalue weighted by molar-refractivity contribution is 0.267. The topological polar surface area (TPSA) is 71.1 Å². The Balaban J connectivity index is 1.93. The maximum Gasteiger partial charge on any atom is 0.140 e. The van der Waals surface area contributed by atoms with Gasteiger partial charge in [0.2, 0.25) is 0 Å². The first-order valence-corrected chi connectivity index (χ1v) is 7.44. The van der Waals surface area contributed by atoms with Crippen LogP contribution in [0.15, 0.2) is 42.5 Å². The van der Waals surface area contributed by atoms with Crippen LogP contribution < -0.4 is 4.74 Å². The van der Waals surface area contributed by atoms with Gasteiger partial charge >= 0.3 is 0 Å². The second kappa shape index (κ2) is 6.69. The number of aliphatic hydroxyl groups is 1. The fourth-order valence-electron chi connectivity index (χ4n) is 2.39. The monoisotopic (exact) mass is 327 g/mol. The molecule has 0 saturated carbocycles. The summed E-state index contributed by atoms with van der Waals surface area (Å²) >= 11 is 6.28. The summed E-state index contributed by atoms with van der Waals surface area (Å²) < 4.78 is 7.41. The molecule has 0 amide bonds. The molecule has 0 atom stereocenters.